The SMILES string of the molecule is N#CCc1ccc(NC(=O)CSc2ccc(F)cc2F)cc1. The lowest BCUT2D eigenvalue weighted by molar-refractivity contribution is -0.113. The lowest BCUT2D eigenvalue weighted by Gasteiger charge is -2.06. The molecule has 3 nitrogen and oxygen atoms in total. The molecule has 0 aliphatic rings. The van der Waals surface area contributed by atoms with Crippen molar-refractivity contribution < 1.29 is 13.6 Å². The van der Waals surface area contributed by atoms with Crippen molar-refractivity contribution in [3.63, 3.8) is 0 Å². The largest absolute Gasteiger partial charge is 0.325 e. The number of halogens is 2. The number of anilines is 1. The summed E-state index contributed by atoms with van der Waals surface area (Å²) in [6.45, 7) is 0. The molecule has 0 spiro atoms. The molecule has 0 saturated carbocycles. The van der Waals surface area contributed by atoms with E-state index in [4.69, 9.17) is 5.26 Å². The van der Waals surface area contributed by atoms with E-state index in [1.54, 1.807) is 24.3 Å². The van der Waals surface area contributed by atoms with E-state index in [0.717, 1.165) is 29.5 Å². The number of carbonyl (C=O) groups is 1. The Hall–Kier alpha value is -2.39. The maximum atomic E-state index is 13.4. The van der Waals surface area contributed by atoms with Crippen LogP contribution in [0.25, 0.3) is 0 Å². The van der Waals surface area contributed by atoms with E-state index >= 15 is 0 Å². The number of benzene rings is 2. The first-order valence-electron chi connectivity index (χ1n) is 6.42. The molecule has 22 heavy (non-hydrogen) atoms. The number of nitriles is 1. The molecule has 0 bridgehead atoms. The van der Waals surface area contributed by atoms with Crippen LogP contribution in [-0.4, -0.2) is 11.7 Å². The molecule has 112 valence electrons. The molecule has 1 N–H and O–H groups in total. The van der Waals surface area contributed by atoms with Crippen molar-refractivity contribution in [2.24, 2.45) is 0 Å². The summed E-state index contributed by atoms with van der Waals surface area (Å²) in [6, 6.07) is 12.2. The Morgan fingerprint density at radius 2 is 1.91 bits per heavy atom. The maximum absolute atomic E-state index is 13.4. The Morgan fingerprint density at radius 1 is 1.18 bits per heavy atom. The predicted molar refractivity (Wildman–Crippen MR) is 81.5 cm³/mol. The number of hydrogen-bond acceptors (Lipinski definition) is 3. The Bertz CT molecular complexity index is 711. The third-order valence-corrected chi connectivity index (χ3v) is 3.82. The highest BCUT2D eigenvalue weighted by atomic mass is 32.2. The molecule has 0 heterocycles. The monoisotopic (exact) mass is 318 g/mol. The van der Waals surface area contributed by atoms with Crippen LogP contribution >= 0.6 is 11.8 Å². The maximum Gasteiger partial charge on any atom is 0.234 e. The molecule has 2 aromatic carbocycles. The molecule has 0 radical (unpaired) electrons. The first-order chi connectivity index (χ1) is 10.6. The average Bonchev–Trinajstić information content (AvgIpc) is 2.49. The standard InChI is InChI=1S/C16H12F2N2OS/c17-12-3-6-15(14(18)9-12)22-10-16(21)20-13-4-1-11(2-5-13)7-8-19/h1-6,9H,7,10H2,(H,20,21). The lowest BCUT2D eigenvalue weighted by atomic mass is 10.1. The van der Waals surface area contributed by atoms with Crippen molar-refractivity contribution >= 4 is 23.4 Å². The topological polar surface area (TPSA) is 52.9 Å². The molecule has 6 heteroatoms. The van der Waals surface area contributed by atoms with Gasteiger partial charge in [-0.15, -0.1) is 11.8 Å². The van der Waals surface area contributed by atoms with Crippen molar-refractivity contribution in [2.45, 2.75) is 11.3 Å². The van der Waals surface area contributed by atoms with Crippen LogP contribution in [-0.2, 0) is 11.2 Å². The van der Waals surface area contributed by atoms with Crippen molar-refractivity contribution in [1.82, 2.24) is 0 Å². The predicted octanol–water partition coefficient (Wildman–Crippen LogP) is 3.76. The summed E-state index contributed by atoms with van der Waals surface area (Å²) in [6.07, 6.45) is 0.313. The third-order valence-electron chi connectivity index (χ3n) is 2.77. The van der Waals surface area contributed by atoms with Gasteiger partial charge in [0.2, 0.25) is 5.91 Å². The van der Waals surface area contributed by atoms with Crippen molar-refractivity contribution in [3.05, 3.63) is 59.7 Å². The quantitative estimate of drug-likeness (QED) is 0.854. The second-order valence-corrected chi connectivity index (χ2v) is 5.46. The van der Waals surface area contributed by atoms with E-state index in [1.807, 2.05) is 6.07 Å². The zero-order chi connectivity index (χ0) is 15.9. The number of hydrogen-bond donors (Lipinski definition) is 1. The Morgan fingerprint density at radius 3 is 2.55 bits per heavy atom. The normalized spacial score (nSPS) is 10.0. The van der Waals surface area contributed by atoms with Crippen molar-refractivity contribution in [3.8, 4) is 6.07 Å². The van der Waals surface area contributed by atoms with E-state index in [1.165, 1.54) is 6.07 Å². The summed E-state index contributed by atoms with van der Waals surface area (Å²) in [5.74, 6) is -1.60. The van der Waals surface area contributed by atoms with Gasteiger partial charge in [-0.05, 0) is 29.8 Å². The van der Waals surface area contributed by atoms with E-state index in [9.17, 15) is 13.6 Å². The van der Waals surface area contributed by atoms with Crippen LogP contribution in [0.2, 0.25) is 0 Å². The van der Waals surface area contributed by atoms with E-state index in [-0.39, 0.29) is 16.6 Å². The Balaban J connectivity index is 1.89. The van der Waals surface area contributed by atoms with Crippen molar-refractivity contribution in [1.29, 1.82) is 5.26 Å². The first kappa shape index (κ1) is 16.0. The molecular formula is C16H12F2N2OS. The third kappa shape index (κ3) is 4.57. The molecule has 0 aliphatic carbocycles. The highest BCUT2D eigenvalue weighted by Gasteiger charge is 2.08. The molecule has 2 rings (SSSR count). The van der Waals surface area contributed by atoms with Gasteiger partial charge in [0.1, 0.15) is 11.6 Å². The molecule has 0 saturated heterocycles. The summed E-state index contributed by atoms with van der Waals surface area (Å²) in [7, 11) is 0. The second-order valence-electron chi connectivity index (χ2n) is 4.44. The summed E-state index contributed by atoms with van der Waals surface area (Å²) in [5, 5.41) is 11.2. The molecular weight excluding hydrogens is 306 g/mol. The summed E-state index contributed by atoms with van der Waals surface area (Å²) in [5.41, 5.74) is 1.47. The number of amides is 1. The highest BCUT2D eigenvalue weighted by molar-refractivity contribution is 8.00. The van der Waals surface area contributed by atoms with Crippen LogP contribution in [0, 0.1) is 23.0 Å². The van der Waals surface area contributed by atoms with E-state index in [0.29, 0.717) is 12.1 Å². The smallest absolute Gasteiger partial charge is 0.234 e. The fourth-order valence-electron chi connectivity index (χ4n) is 1.73. The molecule has 0 aliphatic heterocycles. The van der Waals surface area contributed by atoms with Crippen LogP contribution in [0.15, 0.2) is 47.4 Å². The van der Waals surface area contributed by atoms with Crippen LogP contribution in [0.5, 0.6) is 0 Å². The van der Waals surface area contributed by atoms with Crippen LogP contribution in [0.4, 0.5) is 14.5 Å². The fraction of sp³-hybridized carbons (Fsp3) is 0.125. The molecule has 0 atom stereocenters. The first-order valence-corrected chi connectivity index (χ1v) is 7.40. The van der Waals surface area contributed by atoms with Crippen LogP contribution in [0.1, 0.15) is 5.56 Å². The van der Waals surface area contributed by atoms with Gasteiger partial charge in [-0.1, -0.05) is 12.1 Å². The molecule has 0 fully saturated rings. The zero-order valence-electron chi connectivity index (χ0n) is 11.5. The minimum Gasteiger partial charge on any atom is -0.325 e. The van der Waals surface area contributed by atoms with Gasteiger partial charge in [0.25, 0.3) is 0 Å². The number of carbonyl (C=O) groups excluding carboxylic acids is 1. The van der Waals surface area contributed by atoms with Gasteiger partial charge in [-0.25, -0.2) is 8.78 Å². The Kier molecular flexibility index (Phi) is 5.50. The summed E-state index contributed by atoms with van der Waals surface area (Å²) in [4.78, 5) is 12.0. The van der Waals surface area contributed by atoms with Gasteiger partial charge in [0.05, 0.1) is 18.2 Å². The molecule has 0 aromatic heterocycles. The van der Waals surface area contributed by atoms with E-state index in [2.05, 4.69) is 5.32 Å². The summed E-state index contributed by atoms with van der Waals surface area (Å²) >= 11 is 0.998. The minimum atomic E-state index is -0.682. The van der Waals surface area contributed by atoms with Gasteiger partial charge in [0.15, 0.2) is 0 Å². The van der Waals surface area contributed by atoms with E-state index < -0.39 is 11.6 Å². The number of nitrogens with zero attached hydrogens (tertiary/aromatic N) is 1. The molecule has 2 aromatic rings. The van der Waals surface area contributed by atoms with Gasteiger partial charge < -0.3 is 5.32 Å². The fourth-order valence-corrected chi connectivity index (χ4v) is 2.45. The summed E-state index contributed by atoms with van der Waals surface area (Å²) < 4.78 is 26.2. The lowest BCUT2D eigenvalue weighted by Crippen LogP contribution is -2.14. The van der Waals surface area contributed by atoms with Crippen LogP contribution in [0.3, 0.4) is 0 Å². The van der Waals surface area contributed by atoms with Crippen LogP contribution < -0.4 is 5.32 Å². The van der Waals surface area contributed by atoms with Gasteiger partial charge >= 0.3 is 0 Å². The number of rotatable bonds is 5. The zero-order valence-corrected chi connectivity index (χ0v) is 12.3. The Labute approximate surface area is 131 Å². The molecule has 1 amide bonds. The average molecular weight is 318 g/mol. The number of thioether (sulfide) groups is 1. The second kappa shape index (κ2) is 7.57. The number of nitrogens with one attached hydrogen (secondary N) is 1. The minimum absolute atomic E-state index is 0.0164. The van der Waals surface area contributed by atoms with Gasteiger partial charge in [0, 0.05) is 16.6 Å². The molecule has 0 unspecified atom stereocenters. The van der Waals surface area contributed by atoms with Gasteiger partial charge in [-0.2, -0.15) is 5.26 Å². The van der Waals surface area contributed by atoms with Crippen molar-refractivity contribution in [2.75, 3.05) is 11.1 Å². The highest BCUT2D eigenvalue weighted by Crippen LogP contribution is 2.22. The van der Waals surface area contributed by atoms with Gasteiger partial charge in [-0.3, -0.25) is 4.79 Å².